The van der Waals surface area contributed by atoms with Gasteiger partial charge in [-0.25, -0.2) is 4.98 Å². The van der Waals surface area contributed by atoms with E-state index < -0.39 is 5.41 Å². The quantitative estimate of drug-likeness (QED) is 0.723. The minimum absolute atomic E-state index is 0.0157. The first-order valence-corrected chi connectivity index (χ1v) is 8.68. The molecule has 2 aromatic heterocycles. The Morgan fingerprint density at radius 2 is 1.88 bits per heavy atom. The number of fused-ring (bicyclic) bond motifs is 1. The van der Waals surface area contributed by atoms with Crippen LogP contribution in [0.2, 0.25) is 0 Å². The van der Waals surface area contributed by atoms with E-state index in [2.05, 4.69) is 4.98 Å². The van der Waals surface area contributed by atoms with Gasteiger partial charge in [0.2, 0.25) is 0 Å². The molecule has 124 valence electrons. The number of hydrogen-bond donors (Lipinski definition) is 0. The number of aryl methyl sites for hydroxylation is 1. The minimum atomic E-state index is -0.479. The topological polar surface area (TPSA) is 52.0 Å². The number of hydrogen-bond acceptors (Lipinski definition) is 4. The van der Waals surface area contributed by atoms with E-state index in [1.807, 2.05) is 58.0 Å². The molecule has 0 amide bonds. The maximum absolute atomic E-state index is 12.8. The van der Waals surface area contributed by atoms with Gasteiger partial charge in [-0.2, -0.15) is 0 Å². The smallest absolute Gasteiger partial charge is 0.262 e. The van der Waals surface area contributed by atoms with E-state index in [4.69, 9.17) is 0 Å². The number of nitrogens with zero attached hydrogens (tertiary/aromatic N) is 2. The van der Waals surface area contributed by atoms with Gasteiger partial charge in [0.25, 0.3) is 5.56 Å². The summed E-state index contributed by atoms with van der Waals surface area (Å²) in [6.45, 7) is 7.57. The van der Waals surface area contributed by atoms with Crippen LogP contribution in [0.1, 0.15) is 26.3 Å². The number of aromatic nitrogens is 2. The summed E-state index contributed by atoms with van der Waals surface area (Å²) in [6, 6.07) is 9.98. The lowest BCUT2D eigenvalue weighted by atomic mass is 9.91. The van der Waals surface area contributed by atoms with Crippen LogP contribution in [-0.4, -0.2) is 15.3 Å². The van der Waals surface area contributed by atoms with Crippen molar-refractivity contribution in [3.63, 3.8) is 0 Å². The highest BCUT2D eigenvalue weighted by Gasteiger charge is 2.23. The van der Waals surface area contributed by atoms with Gasteiger partial charge in [-0.3, -0.25) is 14.2 Å². The first kappa shape index (κ1) is 16.6. The van der Waals surface area contributed by atoms with Gasteiger partial charge in [0.15, 0.2) is 5.78 Å². The third kappa shape index (κ3) is 2.91. The van der Waals surface area contributed by atoms with E-state index in [9.17, 15) is 9.59 Å². The van der Waals surface area contributed by atoms with Crippen molar-refractivity contribution >= 4 is 27.3 Å². The van der Waals surface area contributed by atoms with Crippen molar-refractivity contribution in [3.8, 4) is 10.4 Å². The Kier molecular flexibility index (Phi) is 4.13. The molecule has 0 unspecified atom stereocenters. The number of ketones is 1. The van der Waals surface area contributed by atoms with E-state index in [0.29, 0.717) is 5.39 Å². The molecule has 0 aliphatic rings. The summed E-state index contributed by atoms with van der Waals surface area (Å²) in [4.78, 5) is 31.3. The van der Waals surface area contributed by atoms with Crippen molar-refractivity contribution in [1.29, 1.82) is 0 Å². The molecule has 0 spiro atoms. The van der Waals surface area contributed by atoms with Gasteiger partial charge >= 0.3 is 0 Å². The zero-order chi connectivity index (χ0) is 17.5. The summed E-state index contributed by atoms with van der Waals surface area (Å²) < 4.78 is 1.42. The fourth-order valence-electron chi connectivity index (χ4n) is 2.53. The van der Waals surface area contributed by atoms with Crippen LogP contribution in [0.5, 0.6) is 0 Å². The predicted molar refractivity (Wildman–Crippen MR) is 98.5 cm³/mol. The van der Waals surface area contributed by atoms with Gasteiger partial charge in [0.1, 0.15) is 4.83 Å². The molecule has 5 heteroatoms. The number of carbonyl (C=O) groups is 1. The molecule has 1 aromatic carbocycles. The van der Waals surface area contributed by atoms with E-state index in [1.165, 1.54) is 22.2 Å². The highest BCUT2D eigenvalue weighted by Crippen LogP contribution is 2.35. The maximum atomic E-state index is 12.8. The number of rotatable bonds is 3. The molecule has 0 aliphatic carbocycles. The van der Waals surface area contributed by atoms with E-state index in [1.54, 1.807) is 0 Å². The summed E-state index contributed by atoms with van der Waals surface area (Å²) >= 11 is 1.51. The highest BCUT2D eigenvalue weighted by molar-refractivity contribution is 7.22. The molecule has 0 radical (unpaired) electrons. The fraction of sp³-hybridized carbons (Fsp3) is 0.316. The molecule has 0 saturated carbocycles. The first-order chi connectivity index (χ1) is 11.3. The van der Waals surface area contributed by atoms with Gasteiger partial charge in [-0.05, 0) is 18.1 Å². The average Bonchev–Trinajstić information content (AvgIpc) is 2.87. The zero-order valence-electron chi connectivity index (χ0n) is 14.3. The molecule has 0 atom stereocenters. The molecule has 0 bridgehead atoms. The summed E-state index contributed by atoms with van der Waals surface area (Å²) in [7, 11) is 0. The number of carbonyl (C=O) groups excluding carboxylic acids is 1. The van der Waals surface area contributed by atoms with Crippen LogP contribution in [0.4, 0.5) is 0 Å². The van der Waals surface area contributed by atoms with Crippen molar-refractivity contribution in [1.82, 2.24) is 9.55 Å². The van der Waals surface area contributed by atoms with Gasteiger partial charge in [-0.1, -0.05) is 51.1 Å². The van der Waals surface area contributed by atoms with Crippen LogP contribution >= 0.6 is 11.3 Å². The lowest BCUT2D eigenvalue weighted by Gasteiger charge is -2.17. The normalized spacial score (nSPS) is 11.8. The van der Waals surface area contributed by atoms with Crippen molar-refractivity contribution in [2.24, 2.45) is 5.41 Å². The third-order valence-corrected chi connectivity index (χ3v) is 5.35. The summed E-state index contributed by atoms with van der Waals surface area (Å²) in [6.07, 6.45) is 1.49. The molecule has 3 rings (SSSR count). The van der Waals surface area contributed by atoms with Gasteiger partial charge < -0.3 is 0 Å². The Balaban J connectivity index is 2.12. The largest absolute Gasteiger partial charge is 0.297 e. The second-order valence-electron chi connectivity index (χ2n) is 6.95. The second kappa shape index (κ2) is 5.98. The summed E-state index contributed by atoms with van der Waals surface area (Å²) in [5.41, 5.74) is 1.38. The molecule has 0 aliphatic heterocycles. The Hall–Kier alpha value is -2.27. The van der Waals surface area contributed by atoms with E-state index in [0.717, 1.165) is 20.8 Å². The third-order valence-electron chi connectivity index (χ3n) is 4.10. The molecular weight excluding hydrogens is 320 g/mol. The molecule has 3 aromatic rings. The van der Waals surface area contributed by atoms with Crippen molar-refractivity contribution < 1.29 is 4.79 Å². The van der Waals surface area contributed by atoms with Crippen LogP contribution in [0.15, 0.2) is 41.5 Å². The Morgan fingerprint density at radius 3 is 2.50 bits per heavy atom. The van der Waals surface area contributed by atoms with Gasteiger partial charge in [0, 0.05) is 10.3 Å². The number of benzene rings is 1. The van der Waals surface area contributed by atoms with Crippen LogP contribution in [0, 0.1) is 12.3 Å². The highest BCUT2D eigenvalue weighted by atomic mass is 32.1. The van der Waals surface area contributed by atoms with Crippen LogP contribution in [0.3, 0.4) is 0 Å². The lowest BCUT2D eigenvalue weighted by Crippen LogP contribution is -2.30. The molecule has 0 saturated heterocycles. The minimum Gasteiger partial charge on any atom is -0.297 e. The standard InChI is InChI=1S/C19H20N2O2S/c1-12-15-17(24-16(12)13-8-6-5-7-9-13)20-11-21(18(15)23)10-14(22)19(2,3)4/h5-9,11H,10H2,1-4H3. The van der Waals surface area contributed by atoms with Gasteiger partial charge in [0.05, 0.1) is 18.3 Å². The maximum Gasteiger partial charge on any atom is 0.262 e. The molecule has 24 heavy (non-hydrogen) atoms. The van der Waals surface area contributed by atoms with Crippen LogP contribution in [0.25, 0.3) is 20.7 Å². The molecular formula is C19H20N2O2S. The molecule has 4 nitrogen and oxygen atoms in total. The Labute approximate surface area is 144 Å². The molecule has 0 N–H and O–H groups in total. The van der Waals surface area contributed by atoms with Crippen molar-refractivity contribution in [3.05, 3.63) is 52.6 Å². The predicted octanol–water partition coefficient (Wildman–Crippen LogP) is 4.05. The number of thiophene rings is 1. The lowest BCUT2D eigenvalue weighted by molar-refractivity contribution is -0.126. The van der Waals surface area contributed by atoms with Crippen molar-refractivity contribution in [2.45, 2.75) is 34.2 Å². The van der Waals surface area contributed by atoms with E-state index in [-0.39, 0.29) is 17.9 Å². The van der Waals surface area contributed by atoms with Crippen LogP contribution in [-0.2, 0) is 11.3 Å². The van der Waals surface area contributed by atoms with Gasteiger partial charge in [-0.15, -0.1) is 11.3 Å². The molecule has 0 fully saturated rings. The summed E-state index contributed by atoms with van der Waals surface area (Å²) in [5.74, 6) is 0.0157. The zero-order valence-corrected chi connectivity index (χ0v) is 15.1. The summed E-state index contributed by atoms with van der Waals surface area (Å²) in [5, 5.41) is 0.614. The first-order valence-electron chi connectivity index (χ1n) is 7.86. The van der Waals surface area contributed by atoms with Crippen LogP contribution < -0.4 is 5.56 Å². The van der Waals surface area contributed by atoms with E-state index >= 15 is 0 Å². The Morgan fingerprint density at radius 1 is 1.21 bits per heavy atom. The fourth-order valence-corrected chi connectivity index (χ4v) is 3.67. The SMILES string of the molecule is Cc1c(-c2ccccc2)sc2ncn(CC(=O)C(C)(C)C)c(=O)c12. The molecule has 2 heterocycles. The van der Waals surface area contributed by atoms with Crippen molar-refractivity contribution in [2.75, 3.05) is 0 Å². The monoisotopic (exact) mass is 340 g/mol. The second-order valence-corrected chi connectivity index (χ2v) is 7.95. The number of Topliss-reactive ketones (excluding diaryl/α,β-unsaturated/α-hetero) is 1. The Bertz CT molecular complexity index is 963. The average molecular weight is 340 g/mol.